The van der Waals surface area contributed by atoms with Gasteiger partial charge in [0.1, 0.15) is 5.52 Å². The van der Waals surface area contributed by atoms with Crippen LogP contribution in [0.2, 0.25) is 0 Å². The van der Waals surface area contributed by atoms with Gasteiger partial charge in [-0.15, -0.1) is 5.10 Å². The SMILES string of the molecule is c1ccc(Cn2nnc3ccccc32)c(CNC2CC2)c1. The van der Waals surface area contributed by atoms with E-state index >= 15 is 0 Å². The number of nitrogens with one attached hydrogen (secondary N) is 1. The number of aromatic nitrogens is 3. The number of hydrogen-bond acceptors (Lipinski definition) is 3. The average molecular weight is 278 g/mol. The van der Waals surface area contributed by atoms with Crippen molar-refractivity contribution in [3.63, 3.8) is 0 Å². The summed E-state index contributed by atoms with van der Waals surface area (Å²) < 4.78 is 1.98. The molecule has 0 bridgehead atoms. The molecule has 1 saturated carbocycles. The summed E-state index contributed by atoms with van der Waals surface area (Å²) in [5.74, 6) is 0. The zero-order valence-electron chi connectivity index (χ0n) is 11.9. The second kappa shape index (κ2) is 5.30. The molecule has 106 valence electrons. The van der Waals surface area contributed by atoms with Crippen LogP contribution in [0.15, 0.2) is 48.5 Å². The molecule has 4 nitrogen and oxygen atoms in total. The Morgan fingerprint density at radius 2 is 1.76 bits per heavy atom. The lowest BCUT2D eigenvalue weighted by atomic mass is 10.1. The number of nitrogens with zero attached hydrogens (tertiary/aromatic N) is 3. The second-order valence-electron chi connectivity index (χ2n) is 5.66. The first-order valence-corrected chi connectivity index (χ1v) is 7.48. The van der Waals surface area contributed by atoms with Crippen LogP contribution in [0.5, 0.6) is 0 Å². The van der Waals surface area contributed by atoms with Crippen molar-refractivity contribution < 1.29 is 0 Å². The van der Waals surface area contributed by atoms with Gasteiger partial charge in [0.05, 0.1) is 12.1 Å². The molecule has 0 unspecified atom stereocenters. The van der Waals surface area contributed by atoms with Crippen LogP contribution in [0.1, 0.15) is 24.0 Å². The minimum atomic E-state index is 0.727. The van der Waals surface area contributed by atoms with Crippen LogP contribution in [0.25, 0.3) is 11.0 Å². The van der Waals surface area contributed by atoms with Gasteiger partial charge < -0.3 is 5.32 Å². The van der Waals surface area contributed by atoms with Gasteiger partial charge in [-0.1, -0.05) is 41.6 Å². The molecule has 1 aliphatic carbocycles. The predicted molar refractivity (Wildman–Crippen MR) is 82.9 cm³/mol. The summed E-state index contributed by atoms with van der Waals surface area (Å²) in [4.78, 5) is 0. The summed E-state index contributed by atoms with van der Waals surface area (Å²) in [6.07, 6.45) is 2.63. The fraction of sp³-hybridized carbons (Fsp3) is 0.294. The van der Waals surface area contributed by atoms with Crippen molar-refractivity contribution in [2.75, 3.05) is 0 Å². The van der Waals surface area contributed by atoms with Gasteiger partial charge in [-0.25, -0.2) is 4.68 Å². The Kier molecular flexibility index (Phi) is 3.16. The highest BCUT2D eigenvalue weighted by molar-refractivity contribution is 5.73. The Morgan fingerprint density at radius 1 is 1.00 bits per heavy atom. The highest BCUT2D eigenvalue weighted by Crippen LogP contribution is 2.20. The van der Waals surface area contributed by atoms with E-state index < -0.39 is 0 Å². The smallest absolute Gasteiger partial charge is 0.113 e. The average Bonchev–Trinajstić information content (AvgIpc) is 3.27. The van der Waals surface area contributed by atoms with Crippen LogP contribution in [-0.2, 0) is 13.1 Å². The highest BCUT2D eigenvalue weighted by atomic mass is 15.4. The molecule has 2 aromatic carbocycles. The van der Waals surface area contributed by atoms with Crippen LogP contribution >= 0.6 is 0 Å². The summed E-state index contributed by atoms with van der Waals surface area (Å²) in [6.45, 7) is 1.70. The van der Waals surface area contributed by atoms with Crippen molar-refractivity contribution in [3.05, 3.63) is 59.7 Å². The van der Waals surface area contributed by atoms with E-state index in [1.165, 1.54) is 24.0 Å². The summed E-state index contributed by atoms with van der Waals surface area (Å²) in [5.41, 5.74) is 4.69. The summed E-state index contributed by atoms with van der Waals surface area (Å²) in [6, 6.07) is 17.4. The lowest BCUT2D eigenvalue weighted by Gasteiger charge is -2.10. The molecule has 21 heavy (non-hydrogen) atoms. The lowest BCUT2D eigenvalue weighted by Crippen LogP contribution is -2.17. The van der Waals surface area contributed by atoms with Gasteiger partial charge in [0.15, 0.2) is 0 Å². The van der Waals surface area contributed by atoms with Gasteiger partial charge in [-0.05, 0) is 36.1 Å². The number of benzene rings is 2. The monoisotopic (exact) mass is 278 g/mol. The normalized spacial score (nSPS) is 14.7. The summed E-state index contributed by atoms with van der Waals surface area (Å²) >= 11 is 0. The minimum Gasteiger partial charge on any atom is -0.310 e. The molecule has 0 amide bonds. The third-order valence-corrected chi connectivity index (χ3v) is 4.02. The number of hydrogen-bond donors (Lipinski definition) is 1. The first kappa shape index (κ1) is 12.5. The van der Waals surface area contributed by atoms with Crippen LogP contribution in [0, 0.1) is 0 Å². The Hall–Kier alpha value is -2.20. The standard InChI is InChI=1S/C17H18N4/c1-2-6-14(13(5-1)11-18-15-9-10-15)12-21-17-8-4-3-7-16(17)19-20-21/h1-8,15,18H,9-12H2. The molecular weight excluding hydrogens is 260 g/mol. The third kappa shape index (κ3) is 2.67. The van der Waals surface area contributed by atoms with Crippen molar-refractivity contribution in [2.45, 2.75) is 32.0 Å². The first-order chi connectivity index (χ1) is 10.4. The molecule has 1 fully saturated rings. The van der Waals surface area contributed by atoms with Gasteiger partial charge in [-0.3, -0.25) is 0 Å². The van der Waals surface area contributed by atoms with Gasteiger partial charge in [0.25, 0.3) is 0 Å². The molecular formula is C17H18N4. The summed E-state index contributed by atoms with van der Waals surface area (Å²) in [5, 5.41) is 12.1. The quantitative estimate of drug-likeness (QED) is 0.780. The van der Waals surface area contributed by atoms with Crippen LogP contribution in [-0.4, -0.2) is 21.0 Å². The Labute approximate surface area is 123 Å². The summed E-state index contributed by atoms with van der Waals surface area (Å²) in [7, 11) is 0. The third-order valence-electron chi connectivity index (χ3n) is 4.02. The molecule has 0 atom stereocenters. The molecule has 3 aromatic rings. The first-order valence-electron chi connectivity index (χ1n) is 7.48. The van der Waals surface area contributed by atoms with E-state index in [0.29, 0.717) is 0 Å². The molecule has 1 N–H and O–H groups in total. The van der Waals surface area contributed by atoms with E-state index in [0.717, 1.165) is 30.2 Å². The largest absolute Gasteiger partial charge is 0.310 e. The fourth-order valence-corrected chi connectivity index (χ4v) is 2.62. The molecule has 0 aliphatic heterocycles. The van der Waals surface area contributed by atoms with Crippen LogP contribution in [0.4, 0.5) is 0 Å². The van der Waals surface area contributed by atoms with Gasteiger partial charge in [-0.2, -0.15) is 0 Å². The number of rotatable bonds is 5. The molecule has 4 heteroatoms. The topological polar surface area (TPSA) is 42.7 Å². The molecule has 0 spiro atoms. The predicted octanol–water partition coefficient (Wildman–Crippen LogP) is 2.73. The Morgan fingerprint density at radius 3 is 2.62 bits per heavy atom. The lowest BCUT2D eigenvalue weighted by molar-refractivity contribution is 0.646. The van der Waals surface area contributed by atoms with Gasteiger partial charge >= 0.3 is 0 Å². The molecule has 1 heterocycles. The number of fused-ring (bicyclic) bond motifs is 1. The second-order valence-corrected chi connectivity index (χ2v) is 5.66. The van der Waals surface area contributed by atoms with Crippen molar-refractivity contribution >= 4 is 11.0 Å². The molecule has 1 aromatic heterocycles. The van der Waals surface area contributed by atoms with Gasteiger partial charge in [0, 0.05) is 12.6 Å². The van der Waals surface area contributed by atoms with Crippen LogP contribution in [0.3, 0.4) is 0 Å². The molecule has 0 radical (unpaired) electrons. The van der Waals surface area contributed by atoms with Crippen molar-refractivity contribution in [2.24, 2.45) is 0 Å². The molecule has 1 aliphatic rings. The highest BCUT2D eigenvalue weighted by Gasteiger charge is 2.20. The Bertz CT molecular complexity index is 758. The number of para-hydroxylation sites is 1. The fourth-order valence-electron chi connectivity index (χ4n) is 2.62. The molecule has 0 saturated heterocycles. The van der Waals surface area contributed by atoms with E-state index in [4.69, 9.17) is 0 Å². The van der Waals surface area contributed by atoms with Crippen molar-refractivity contribution in [3.8, 4) is 0 Å². The van der Waals surface area contributed by atoms with E-state index in [1.54, 1.807) is 0 Å². The minimum absolute atomic E-state index is 0.727. The maximum atomic E-state index is 4.29. The van der Waals surface area contributed by atoms with Crippen LogP contribution < -0.4 is 5.32 Å². The zero-order chi connectivity index (χ0) is 14.1. The van der Waals surface area contributed by atoms with E-state index in [1.807, 2.05) is 22.9 Å². The van der Waals surface area contributed by atoms with Crippen molar-refractivity contribution in [1.82, 2.24) is 20.3 Å². The van der Waals surface area contributed by atoms with E-state index in [9.17, 15) is 0 Å². The Balaban J connectivity index is 1.61. The van der Waals surface area contributed by atoms with Gasteiger partial charge in [0.2, 0.25) is 0 Å². The maximum Gasteiger partial charge on any atom is 0.113 e. The molecule has 4 rings (SSSR count). The maximum absolute atomic E-state index is 4.29. The van der Waals surface area contributed by atoms with Crippen molar-refractivity contribution in [1.29, 1.82) is 0 Å². The van der Waals surface area contributed by atoms with E-state index in [-0.39, 0.29) is 0 Å². The van der Waals surface area contributed by atoms with E-state index in [2.05, 4.69) is 46.0 Å². The zero-order valence-corrected chi connectivity index (χ0v) is 11.9.